The number of nitrogens with zero attached hydrogens (tertiary/aromatic N) is 3. The van der Waals surface area contributed by atoms with Crippen molar-refractivity contribution in [1.82, 2.24) is 19.6 Å². The highest BCUT2D eigenvalue weighted by Crippen LogP contribution is 2.31. The molecule has 0 aliphatic rings. The molecule has 1 amide bonds. The van der Waals surface area contributed by atoms with E-state index >= 15 is 0 Å². The molecule has 0 saturated heterocycles. The maximum atomic E-state index is 12.9. The molecule has 32 heavy (non-hydrogen) atoms. The van der Waals surface area contributed by atoms with Crippen LogP contribution in [-0.2, 0) is 11.0 Å². The second-order valence-corrected chi connectivity index (χ2v) is 7.82. The Labute approximate surface area is 183 Å². The number of benzene rings is 2. The molecule has 4 rings (SSSR count). The number of carbonyl (C=O) groups is 1. The first kappa shape index (κ1) is 21.6. The summed E-state index contributed by atoms with van der Waals surface area (Å²) in [5.41, 5.74) is 0.855. The lowest BCUT2D eigenvalue weighted by atomic mass is 10.1. The van der Waals surface area contributed by atoms with Crippen LogP contribution in [0, 0.1) is 6.92 Å². The summed E-state index contributed by atoms with van der Waals surface area (Å²) in [5, 5.41) is 5.34. The van der Waals surface area contributed by atoms with E-state index in [-0.39, 0.29) is 17.0 Å². The standard InChI is InChI=1S/C21H16F3N5O2S/c1-12-5-2-3-8-15(12)19-26-16-10-17(30)28-29(16)20(27-19)32-11-18(31)25-14-7-4-6-13(9-14)21(22,23)24/h2-10H,11H2,1H3,(H,25,31)(H,28,30). The van der Waals surface area contributed by atoms with Crippen LogP contribution in [0.4, 0.5) is 18.9 Å². The number of carbonyl (C=O) groups excluding carboxylic acids is 1. The van der Waals surface area contributed by atoms with Gasteiger partial charge in [0.25, 0.3) is 5.56 Å². The van der Waals surface area contributed by atoms with E-state index in [1.165, 1.54) is 22.7 Å². The van der Waals surface area contributed by atoms with Gasteiger partial charge in [-0.1, -0.05) is 42.1 Å². The van der Waals surface area contributed by atoms with Gasteiger partial charge in [-0.2, -0.15) is 13.2 Å². The summed E-state index contributed by atoms with van der Waals surface area (Å²) in [6.07, 6.45) is -4.51. The molecule has 0 radical (unpaired) electrons. The fraction of sp³-hybridized carbons (Fsp3) is 0.143. The smallest absolute Gasteiger partial charge is 0.325 e. The molecule has 0 bridgehead atoms. The number of fused-ring (bicyclic) bond motifs is 1. The first-order valence-electron chi connectivity index (χ1n) is 9.36. The van der Waals surface area contributed by atoms with Crippen LogP contribution in [0.3, 0.4) is 0 Å². The minimum Gasteiger partial charge on any atom is -0.325 e. The van der Waals surface area contributed by atoms with E-state index in [0.717, 1.165) is 35.0 Å². The Kier molecular flexibility index (Phi) is 5.74. The number of rotatable bonds is 5. The van der Waals surface area contributed by atoms with E-state index in [1.54, 1.807) is 0 Å². The van der Waals surface area contributed by atoms with Crippen LogP contribution in [0.15, 0.2) is 64.5 Å². The first-order chi connectivity index (χ1) is 15.2. The van der Waals surface area contributed by atoms with Crippen molar-refractivity contribution in [3.05, 3.63) is 76.1 Å². The van der Waals surface area contributed by atoms with Gasteiger partial charge in [0.15, 0.2) is 16.6 Å². The molecule has 2 aromatic carbocycles. The van der Waals surface area contributed by atoms with Gasteiger partial charge in [-0.3, -0.25) is 14.7 Å². The zero-order valence-electron chi connectivity index (χ0n) is 16.6. The third-order valence-corrected chi connectivity index (χ3v) is 5.46. The topological polar surface area (TPSA) is 92.2 Å². The summed E-state index contributed by atoms with van der Waals surface area (Å²) in [4.78, 5) is 33.1. The molecule has 0 unspecified atom stereocenters. The number of amides is 1. The number of aryl methyl sites for hydroxylation is 1. The largest absolute Gasteiger partial charge is 0.416 e. The fourth-order valence-electron chi connectivity index (χ4n) is 3.03. The van der Waals surface area contributed by atoms with Crippen molar-refractivity contribution in [2.24, 2.45) is 0 Å². The van der Waals surface area contributed by atoms with Gasteiger partial charge >= 0.3 is 6.18 Å². The summed E-state index contributed by atoms with van der Waals surface area (Å²) in [5.74, 6) is -0.272. The van der Waals surface area contributed by atoms with Crippen LogP contribution >= 0.6 is 11.8 Å². The number of nitrogens with one attached hydrogen (secondary N) is 2. The molecule has 0 fully saturated rings. The van der Waals surface area contributed by atoms with E-state index in [1.807, 2.05) is 31.2 Å². The predicted molar refractivity (Wildman–Crippen MR) is 115 cm³/mol. The number of alkyl halides is 3. The zero-order valence-corrected chi connectivity index (χ0v) is 17.4. The molecule has 164 valence electrons. The van der Waals surface area contributed by atoms with Crippen LogP contribution in [0.25, 0.3) is 17.0 Å². The summed E-state index contributed by atoms with van der Waals surface area (Å²) in [7, 11) is 0. The summed E-state index contributed by atoms with van der Waals surface area (Å²) >= 11 is 1.02. The Morgan fingerprint density at radius 2 is 1.91 bits per heavy atom. The fourth-order valence-corrected chi connectivity index (χ4v) is 3.78. The summed E-state index contributed by atoms with van der Waals surface area (Å²) in [6, 6.07) is 13.2. The number of anilines is 1. The van der Waals surface area contributed by atoms with Crippen molar-refractivity contribution in [2.75, 3.05) is 11.1 Å². The highest BCUT2D eigenvalue weighted by atomic mass is 32.2. The van der Waals surface area contributed by atoms with Gasteiger partial charge in [0, 0.05) is 17.3 Å². The Morgan fingerprint density at radius 1 is 1.12 bits per heavy atom. The number of thioether (sulfide) groups is 1. The number of halogens is 3. The SMILES string of the molecule is Cc1ccccc1-c1nc(SCC(=O)Nc2cccc(C(F)(F)F)c2)n2[nH]c(=O)cc2n1. The number of hydrogen-bond donors (Lipinski definition) is 2. The van der Waals surface area contributed by atoms with Crippen LogP contribution in [-0.4, -0.2) is 31.2 Å². The maximum Gasteiger partial charge on any atom is 0.416 e. The Morgan fingerprint density at radius 3 is 2.66 bits per heavy atom. The molecular weight excluding hydrogens is 443 g/mol. The molecule has 0 aliphatic carbocycles. The van der Waals surface area contributed by atoms with Crippen molar-refractivity contribution < 1.29 is 18.0 Å². The third kappa shape index (κ3) is 4.67. The number of aromatic amines is 1. The number of hydrogen-bond acceptors (Lipinski definition) is 5. The van der Waals surface area contributed by atoms with E-state index < -0.39 is 17.6 Å². The molecule has 4 aromatic rings. The highest BCUT2D eigenvalue weighted by molar-refractivity contribution is 7.99. The lowest BCUT2D eigenvalue weighted by molar-refractivity contribution is -0.137. The molecule has 0 aliphatic heterocycles. The molecule has 7 nitrogen and oxygen atoms in total. The second kappa shape index (κ2) is 8.50. The summed E-state index contributed by atoms with van der Waals surface area (Å²) in [6.45, 7) is 1.90. The minimum absolute atomic E-state index is 0.0354. The van der Waals surface area contributed by atoms with Crippen LogP contribution in [0.1, 0.15) is 11.1 Å². The predicted octanol–water partition coefficient (Wildman–Crippen LogP) is 4.14. The average molecular weight is 459 g/mol. The van der Waals surface area contributed by atoms with E-state index in [4.69, 9.17) is 0 Å². The lowest BCUT2D eigenvalue weighted by Crippen LogP contribution is -2.16. The zero-order chi connectivity index (χ0) is 22.9. The molecule has 0 atom stereocenters. The molecule has 2 N–H and O–H groups in total. The summed E-state index contributed by atoms with van der Waals surface area (Å²) < 4.78 is 40.0. The second-order valence-electron chi connectivity index (χ2n) is 6.87. The number of aromatic nitrogens is 4. The van der Waals surface area contributed by atoms with Crippen molar-refractivity contribution >= 4 is 29.0 Å². The molecule has 2 heterocycles. The molecule has 2 aromatic heterocycles. The van der Waals surface area contributed by atoms with Crippen LogP contribution < -0.4 is 10.9 Å². The van der Waals surface area contributed by atoms with Crippen LogP contribution in [0.5, 0.6) is 0 Å². The molecule has 11 heteroatoms. The van der Waals surface area contributed by atoms with E-state index in [2.05, 4.69) is 20.4 Å². The molecule has 0 saturated carbocycles. The van der Waals surface area contributed by atoms with E-state index in [0.29, 0.717) is 16.6 Å². The molecular formula is C21H16F3N5O2S. The molecule has 0 spiro atoms. The lowest BCUT2D eigenvalue weighted by Gasteiger charge is -2.11. The maximum absolute atomic E-state index is 12.9. The number of H-pyrrole nitrogens is 1. The highest BCUT2D eigenvalue weighted by Gasteiger charge is 2.30. The quantitative estimate of drug-likeness (QED) is 0.438. The van der Waals surface area contributed by atoms with Gasteiger partial charge in [0.1, 0.15) is 0 Å². The normalized spacial score (nSPS) is 11.6. The Bertz CT molecular complexity index is 1360. The van der Waals surface area contributed by atoms with Crippen molar-refractivity contribution in [1.29, 1.82) is 0 Å². The third-order valence-electron chi connectivity index (χ3n) is 4.52. The average Bonchev–Trinajstić information content (AvgIpc) is 3.12. The Hall–Kier alpha value is -3.60. The Balaban J connectivity index is 1.57. The van der Waals surface area contributed by atoms with Gasteiger partial charge in [-0.15, -0.1) is 0 Å². The van der Waals surface area contributed by atoms with Gasteiger partial charge in [0.05, 0.1) is 11.3 Å². The van der Waals surface area contributed by atoms with E-state index in [9.17, 15) is 22.8 Å². The van der Waals surface area contributed by atoms with Crippen molar-refractivity contribution in [2.45, 2.75) is 18.3 Å². The van der Waals surface area contributed by atoms with Crippen molar-refractivity contribution in [3.63, 3.8) is 0 Å². The van der Waals surface area contributed by atoms with Crippen molar-refractivity contribution in [3.8, 4) is 11.4 Å². The van der Waals surface area contributed by atoms with Crippen LogP contribution in [0.2, 0.25) is 0 Å². The van der Waals surface area contributed by atoms with Gasteiger partial charge in [-0.25, -0.2) is 14.5 Å². The van der Waals surface area contributed by atoms with Gasteiger partial charge in [0.2, 0.25) is 5.91 Å². The minimum atomic E-state index is -4.51. The van der Waals surface area contributed by atoms with Gasteiger partial charge in [-0.05, 0) is 30.7 Å². The monoisotopic (exact) mass is 459 g/mol. The first-order valence-corrected chi connectivity index (χ1v) is 10.3. The van der Waals surface area contributed by atoms with Gasteiger partial charge < -0.3 is 5.32 Å².